The van der Waals surface area contributed by atoms with E-state index in [0.717, 1.165) is 57.3 Å². The quantitative estimate of drug-likeness (QED) is 0.0434. The first-order chi connectivity index (χ1) is 41.4. The van der Waals surface area contributed by atoms with Crippen LogP contribution in [-0.2, 0) is 32.0 Å². The summed E-state index contributed by atoms with van der Waals surface area (Å²) in [6, 6.07) is 29.2. The van der Waals surface area contributed by atoms with Gasteiger partial charge in [0.1, 0.15) is 34.9 Å². The molecule has 3 amide bonds. The smallest absolute Gasteiger partial charge is 0.265 e. The molecule has 11 rings (SSSR count). The summed E-state index contributed by atoms with van der Waals surface area (Å²) in [5, 5.41) is 0.188. The number of imide groups is 1. The third-order valence-corrected chi connectivity index (χ3v) is 17.5. The molecule has 6 aliphatic rings. The number of hydrogen-bond acceptors (Lipinski definition) is 7. The lowest BCUT2D eigenvalue weighted by molar-refractivity contribution is -0.123. The Morgan fingerprint density at radius 1 is 0.651 bits per heavy atom. The van der Waals surface area contributed by atoms with Crippen LogP contribution in [0.15, 0.2) is 204 Å². The van der Waals surface area contributed by atoms with Gasteiger partial charge in [0.25, 0.3) is 17.7 Å². The number of anilines is 2. The highest BCUT2D eigenvalue weighted by Gasteiger charge is 2.54. The number of hydrogen-bond donors (Lipinski definition) is 0. The Morgan fingerprint density at radius 2 is 1.23 bits per heavy atom. The third kappa shape index (κ3) is 10.0. The average molecular weight is 1160 g/mol. The molecule has 0 N–H and O–H groups in total. The molecule has 5 aromatic rings. The molecule has 0 saturated carbocycles. The Bertz CT molecular complexity index is 3980. The zero-order valence-electron chi connectivity index (χ0n) is 50.6. The molecule has 436 valence electrons. The summed E-state index contributed by atoms with van der Waals surface area (Å²) < 4.78 is 22.3. The van der Waals surface area contributed by atoms with E-state index in [9.17, 15) is 4.79 Å². The predicted molar refractivity (Wildman–Crippen MR) is 348 cm³/mol. The van der Waals surface area contributed by atoms with Gasteiger partial charge in [-0.25, -0.2) is 4.90 Å². The second kappa shape index (κ2) is 23.9. The summed E-state index contributed by atoms with van der Waals surface area (Å²) in [6.07, 6.45) is 17.6. The number of aldehydes is 1. The number of ether oxygens (including phenoxy) is 3. The Labute approximate surface area is 511 Å². The SMILES string of the molecule is C=CCC1=CCCC=C1OC1=C2c3c(Cl)cc(C=O)c4c3C(=C3C(Oc5ccccc5CC=C)=CC5=C(C(=C1)C(=O)N(c1c(C(C)C)cccc1C(C)C)C5=O)C32)C(Oc1ccccc1CC=C)C=C4C(=O)N(C)c1c(C(C)C)cccc1C(C)C. The van der Waals surface area contributed by atoms with Crippen molar-refractivity contribution in [2.45, 2.75) is 117 Å². The van der Waals surface area contributed by atoms with Gasteiger partial charge in [-0.1, -0.05) is 164 Å². The van der Waals surface area contributed by atoms with Crippen LogP contribution in [0.1, 0.15) is 159 Å². The standard InChI is InChI=1S/C76H73ClN2O7/c1-13-24-46-27-16-19-34-58(46)84-61-39-55-65-56(76(83)79(75(55)82)73-52(44(8)9)32-23-33-53(73)45(10)11)40-63(86-60-36-21-18-29-48(60)26-15-3)69-68-62(85-59-35-20-17-28-47(59)25-14-2)38-54(64-49(41-80)37-57(77)66(70(64)68)67(61)71(65)69)74(81)78(12)72-50(42(4)5)30-22-31-51(72)43(6)7/h13-15,17-18,20-23,27-45,62,71H,1-3,16,19,24-26H2,4-12H3. The van der Waals surface area contributed by atoms with Crippen LogP contribution >= 0.6 is 11.6 Å². The van der Waals surface area contributed by atoms with Gasteiger partial charge in [-0.3, -0.25) is 19.2 Å². The first-order valence-electron chi connectivity index (χ1n) is 30.0. The number of benzene rings is 5. The molecular weight excluding hydrogens is 1090 g/mol. The van der Waals surface area contributed by atoms with Gasteiger partial charge in [0, 0.05) is 73.7 Å². The van der Waals surface area contributed by atoms with E-state index >= 15 is 14.4 Å². The molecule has 5 aromatic carbocycles. The average Bonchev–Trinajstić information content (AvgIpc) is 0.706. The predicted octanol–water partition coefficient (Wildman–Crippen LogP) is 17.7. The number of amides is 3. The van der Waals surface area contributed by atoms with E-state index in [2.05, 4.69) is 99.4 Å². The summed E-state index contributed by atoms with van der Waals surface area (Å²) in [5.41, 5.74) is 11.8. The molecule has 2 unspecified atom stereocenters. The lowest BCUT2D eigenvalue weighted by Gasteiger charge is -2.46. The fraction of sp³-hybridized carbons (Fsp3) is 0.263. The number of rotatable bonds is 20. The normalized spacial score (nSPS) is 17.7. The molecule has 9 nitrogen and oxygen atoms in total. The van der Waals surface area contributed by atoms with E-state index < -0.39 is 23.8 Å². The highest BCUT2D eigenvalue weighted by Crippen LogP contribution is 2.62. The number of allylic oxidation sites excluding steroid dienone is 9. The first kappa shape index (κ1) is 59.0. The Hall–Kier alpha value is -8.79. The lowest BCUT2D eigenvalue weighted by Crippen LogP contribution is -2.48. The van der Waals surface area contributed by atoms with Crippen molar-refractivity contribution in [3.8, 4) is 11.5 Å². The molecule has 1 heterocycles. The van der Waals surface area contributed by atoms with Crippen LogP contribution in [0.3, 0.4) is 0 Å². The molecule has 0 fully saturated rings. The molecule has 10 heteroatoms. The van der Waals surface area contributed by atoms with Gasteiger partial charge in [-0.2, -0.15) is 0 Å². The number of nitrogens with zero attached hydrogens (tertiary/aromatic N) is 2. The first-order valence-corrected chi connectivity index (χ1v) is 30.4. The molecular formula is C76H73ClN2O7. The minimum Gasteiger partial charge on any atom is -0.481 e. The van der Waals surface area contributed by atoms with Crippen molar-refractivity contribution in [1.29, 1.82) is 0 Å². The zero-order chi connectivity index (χ0) is 61.0. The van der Waals surface area contributed by atoms with E-state index in [1.165, 1.54) is 4.90 Å². The van der Waals surface area contributed by atoms with Crippen molar-refractivity contribution in [2.24, 2.45) is 5.92 Å². The number of halogens is 1. The summed E-state index contributed by atoms with van der Waals surface area (Å²) in [7, 11) is 1.79. The van der Waals surface area contributed by atoms with Crippen LogP contribution in [0.5, 0.6) is 11.5 Å². The molecule has 0 aromatic heterocycles. The number of para-hydroxylation sites is 4. The maximum absolute atomic E-state index is 16.3. The Morgan fingerprint density at radius 3 is 1.84 bits per heavy atom. The highest BCUT2D eigenvalue weighted by atomic mass is 35.5. The second-order valence-corrected chi connectivity index (χ2v) is 24.4. The van der Waals surface area contributed by atoms with Gasteiger partial charge in [0.2, 0.25) is 0 Å². The Balaban J connectivity index is 1.30. The zero-order valence-corrected chi connectivity index (χ0v) is 51.4. The summed E-state index contributed by atoms with van der Waals surface area (Å²) in [5.74, 6) is -0.201. The highest BCUT2D eigenvalue weighted by molar-refractivity contribution is 6.37. The topological polar surface area (TPSA) is 102 Å². The summed E-state index contributed by atoms with van der Waals surface area (Å²) in [4.78, 5) is 66.0. The van der Waals surface area contributed by atoms with E-state index in [4.69, 9.17) is 25.8 Å². The number of likely N-dealkylation sites (N-methyl/N-ethyl adjacent to an activating group) is 1. The van der Waals surface area contributed by atoms with Crippen molar-refractivity contribution < 1.29 is 33.4 Å². The van der Waals surface area contributed by atoms with E-state index in [0.29, 0.717) is 93.4 Å². The van der Waals surface area contributed by atoms with Gasteiger partial charge < -0.3 is 19.1 Å². The molecule has 0 saturated heterocycles. The summed E-state index contributed by atoms with van der Waals surface area (Å²) >= 11 is 7.86. The second-order valence-electron chi connectivity index (χ2n) is 24.0. The van der Waals surface area contributed by atoms with Crippen LogP contribution in [0.25, 0.3) is 16.7 Å². The lowest BCUT2D eigenvalue weighted by atomic mass is 9.60. The minimum atomic E-state index is -1.10. The van der Waals surface area contributed by atoms with Crippen LogP contribution < -0.4 is 19.3 Å². The van der Waals surface area contributed by atoms with Crippen LogP contribution in [-0.4, -0.2) is 37.2 Å². The third-order valence-electron chi connectivity index (χ3n) is 17.2. The van der Waals surface area contributed by atoms with Crippen molar-refractivity contribution in [1.82, 2.24) is 0 Å². The monoisotopic (exact) mass is 1160 g/mol. The van der Waals surface area contributed by atoms with Gasteiger partial charge in [0.15, 0.2) is 6.29 Å². The largest absolute Gasteiger partial charge is 0.481 e. The maximum atomic E-state index is 16.3. The molecule has 0 bridgehead atoms. The van der Waals surface area contributed by atoms with Crippen molar-refractivity contribution in [3.63, 3.8) is 0 Å². The number of carbonyl (C=O) groups is 4. The molecule has 86 heavy (non-hydrogen) atoms. The van der Waals surface area contributed by atoms with Gasteiger partial charge >= 0.3 is 0 Å². The molecule has 2 atom stereocenters. The Kier molecular flexibility index (Phi) is 16.4. The van der Waals surface area contributed by atoms with Gasteiger partial charge in [-0.05, 0) is 143 Å². The van der Waals surface area contributed by atoms with Crippen molar-refractivity contribution in [3.05, 3.63) is 265 Å². The van der Waals surface area contributed by atoms with Crippen LogP contribution in [0.4, 0.5) is 11.4 Å². The maximum Gasteiger partial charge on any atom is 0.265 e. The number of carbonyl (C=O) groups excluding carboxylic acids is 4. The molecule has 5 aliphatic carbocycles. The fourth-order valence-electron chi connectivity index (χ4n) is 13.3. The van der Waals surface area contributed by atoms with E-state index in [1.54, 1.807) is 30.2 Å². The molecule has 1 aliphatic heterocycles. The van der Waals surface area contributed by atoms with Crippen molar-refractivity contribution >= 4 is 63.7 Å². The summed E-state index contributed by atoms with van der Waals surface area (Å²) in [6.45, 7) is 29.0. The van der Waals surface area contributed by atoms with E-state index in [1.807, 2.05) is 97.1 Å². The van der Waals surface area contributed by atoms with Crippen molar-refractivity contribution in [2.75, 3.05) is 16.8 Å². The molecule has 0 spiro atoms. The molecule has 0 radical (unpaired) electrons. The van der Waals surface area contributed by atoms with E-state index in [-0.39, 0.29) is 62.6 Å². The van der Waals surface area contributed by atoms with Crippen LogP contribution in [0.2, 0.25) is 5.02 Å². The van der Waals surface area contributed by atoms with Crippen LogP contribution in [0, 0.1) is 5.92 Å². The van der Waals surface area contributed by atoms with Gasteiger partial charge in [0.05, 0.1) is 11.4 Å². The fourth-order valence-corrected chi connectivity index (χ4v) is 13.6. The minimum absolute atomic E-state index is 0.0507. The van der Waals surface area contributed by atoms with Gasteiger partial charge in [-0.15, -0.1) is 19.7 Å². The number of fused-ring (bicyclic) bond motifs is 1.